The van der Waals surface area contributed by atoms with Gasteiger partial charge in [0.2, 0.25) is 0 Å². The zero-order valence-corrected chi connectivity index (χ0v) is 14.2. The van der Waals surface area contributed by atoms with Crippen LogP contribution in [0.1, 0.15) is 11.1 Å². The molecule has 0 aliphatic heterocycles. The van der Waals surface area contributed by atoms with Gasteiger partial charge in [-0.25, -0.2) is 4.39 Å². The van der Waals surface area contributed by atoms with Crippen molar-refractivity contribution in [2.45, 2.75) is 13.5 Å². The van der Waals surface area contributed by atoms with Crippen LogP contribution in [0.25, 0.3) is 21.9 Å². The van der Waals surface area contributed by atoms with Gasteiger partial charge in [0.05, 0.1) is 0 Å². The molecular weight excluding hydrogens is 315 g/mol. The van der Waals surface area contributed by atoms with Gasteiger partial charge in [0, 0.05) is 35.7 Å². The number of hydrogen-bond donors (Lipinski definition) is 2. The van der Waals surface area contributed by atoms with Crippen LogP contribution in [0.5, 0.6) is 0 Å². The van der Waals surface area contributed by atoms with Gasteiger partial charge < -0.3 is 15.1 Å². The predicted octanol–water partition coefficient (Wildman–Crippen LogP) is 5.69. The third-order valence-corrected chi connectivity index (χ3v) is 4.62. The first-order valence-corrected chi connectivity index (χ1v) is 8.27. The maximum atomic E-state index is 13.7. The molecule has 3 nitrogen and oxygen atoms in total. The summed E-state index contributed by atoms with van der Waals surface area (Å²) in [6, 6.07) is 17.3. The Labute approximate surface area is 145 Å². The molecule has 1 heterocycles. The highest BCUT2D eigenvalue weighted by Gasteiger charge is 2.09. The number of furan rings is 1. The zero-order chi connectivity index (χ0) is 17.4. The molecule has 4 aromatic rings. The number of rotatable bonds is 4. The Morgan fingerprint density at radius 1 is 0.920 bits per heavy atom. The molecule has 0 unspecified atom stereocenters. The summed E-state index contributed by atoms with van der Waals surface area (Å²) in [6.07, 6.45) is 0. The van der Waals surface area contributed by atoms with Gasteiger partial charge in [0.25, 0.3) is 0 Å². The average Bonchev–Trinajstić information content (AvgIpc) is 3.00. The fraction of sp³-hybridized carbons (Fsp3) is 0.143. The molecule has 0 bridgehead atoms. The van der Waals surface area contributed by atoms with Gasteiger partial charge in [0.15, 0.2) is 0 Å². The Balaban J connectivity index is 1.68. The highest BCUT2D eigenvalue weighted by molar-refractivity contribution is 6.07. The minimum atomic E-state index is -0.171. The summed E-state index contributed by atoms with van der Waals surface area (Å²) in [5, 5.41) is 8.67. The first-order chi connectivity index (χ1) is 12.2. The summed E-state index contributed by atoms with van der Waals surface area (Å²) in [7, 11) is 1.90. The number of anilines is 2. The Morgan fingerprint density at radius 2 is 1.60 bits per heavy atom. The van der Waals surface area contributed by atoms with Gasteiger partial charge in [-0.3, -0.25) is 0 Å². The molecule has 25 heavy (non-hydrogen) atoms. The Kier molecular flexibility index (Phi) is 3.80. The lowest BCUT2D eigenvalue weighted by Crippen LogP contribution is -2.02. The van der Waals surface area contributed by atoms with Gasteiger partial charge in [-0.15, -0.1) is 0 Å². The molecule has 4 heteroatoms. The topological polar surface area (TPSA) is 37.2 Å². The second-order valence-electron chi connectivity index (χ2n) is 6.15. The fourth-order valence-corrected chi connectivity index (χ4v) is 3.08. The zero-order valence-electron chi connectivity index (χ0n) is 14.2. The standard InChI is InChI=1S/C21H19FN2O/c1-13-14(4-3-5-19(13)22)12-24-16-7-9-21-18(11-16)17-10-15(23-2)6-8-20(17)25-21/h3-11,23-24H,12H2,1-2H3. The summed E-state index contributed by atoms with van der Waals surface area (Å²) in [5.41, 5.74) is 5.39. The summed E-state index contributed by atoms with van der Waals surface area (Å²) in [6.45, 7) is 2.38. The molecule has 0 radical (unpaired) electrons. The highest BCUT2D eigenvalue weighted by Crippen LogP contribution is 2.32. The molecule has 4 rings (SSSR count). The van der Waals surface area contributed by atoms with Gasteiger partial charge in [-0.05, 0) is 60.5 Å². The second-order valence-corrected chi connectivity index (χ2v) is 6.15. The van der Waals surface area contributed by atoms with E-state index in [4.69, 9.17) is 4.42 Å². The van der Waals surface area contributed by atoms with E-state index in [1.807, 2.05) is 37.4 Å². The smallest absolute Gasteiger partial charge is 0.135 e. The van der Waals surface area contributed by atoms with Crippen LogP contribution in [-0.2, 0) is 6.54 Å². The van der Waals surface area contributed by atoms with Crippen molar-refractivity contribution in [2.75, 3.05) is 17.7 Å². The van der Waals surface area contributed by atoms with Gasteiger partial charge >= 0.3 is 0 Å². The van der Waals surface area contributed by atoms with Crippen LogP contribution in [-0.4, -0.2) is 7.05 Å². The van der Waals surface area contributed by atoms with Crippen molar-refractivity contribution >= 4 is 33.3 Å². The molecule has 0 aliphatic rings. The summed E-state index contributed by atoms with van der Waals surface area (Å²) < 4.78 is 19.6. The molecule has 126 valence electrons. The number of benzene rings is 3. The number of halogens is 1. The predicted molar refractivity (Wildman–Crippen MR) is 102 cm³/mol. The van der Waals surface area contributed by atoms with Crippen LogP contribution < -0.4 is 10.6 Å². The van der Waals surface area contributed by atoms with Gasteiger partial charge in [-0.1, -0.05) is 12.1 Å². The van der Waals surface area contributed by atoms with Crippen LogP contribution >= 0.6 is 0 Å². The summed E-state index contributed by atoms with van der Waals surface area (Å²) in [4.78, 5) is 0. The van der Waals surface area contributed by atoms with E-state index in [0.717, 1.165) is 38.9 Å². The number of hydrogen-bond acceptors (Lipinski definition) is 3. The summed E-state index contributed by atoms with van der Waals surface area (Å²) in [5.74, 6) is -0.171. The van der Waals surface area contributed by atoms with E-state index < -0.39 is 0 Å². The number of nitrogens with one attached hydrogen (secondary N) is 2. The maximum absolute atomic E-state index is 13.7. The van der Waals surface area contributed by atoms with Crippen molar-refractivity contribution < 1.29 is 8.81 Å². The van der Waals surface area contributed by atoms with Crippen LogP contribution in [0.2, 0.25) is 0 Å². The number of fused-ring (bicyclic) bond motifs is 3. The lowest BCUT2D eigenvalue weighted by atomic mass is 10.1. The van der Waals surface area contributed by atoms with Gasteiger partial charge in [-0.2, -0.15) is 0 Å². The van der Waals surface area contributed by atoms with Crippen LogP contribution in [0.15, 0.2) is 59.0 Å². The lowest BCUT2D eigenvalue weighted by molar-refractivity contribution is 0.616. The van der Waals surface area contributed by atoms with E-state index in [1.165, 1.54) is 6.07 Å². The molecular formula is C21H19FN2O. The van der Waals surface area contributed by atoms with E-state index in [0.29, 0.717) is 12.1 Å². The van der Waals surface area contributed by atoms with Crippen LogP contribution in [0.3, 0.4) is 0 Å². The Bertz CT molecular complexity index is 1070. The maximum Gasteiger partial charge on any atom is 0.135 e. The molecule has 0 spiro atoms. The van der Waals surface area contributed by atoms with Crippen molar-refractivity contribution in [1.29, 1.82) is 0 Å². The molecule has 3 aromatic carbocycles. The minimum Gasteiger partial charge on any atom is -0.456 e. The van der Waals surface area contributed by atoms with E-state index in [1.54, 1.807) is 13.0 Å². The second kappa shape index (κ2) is 6.13. The molecule has 0 aliphatic carbocycles. The van der Waals surface area contributed by atoms with Crippen LogP contribution in [0.4, 0.5) is 15.8 Å². The first-order valence-electron chi connectivity index (χ1n) is 8.27. The highest BCUT2D eigenvalue weighted by atomic mass is 19.1. The van der Waals surface area contributed by atoms with E-state index >= 15 is 0 Å². The molecule has 0 amide bonds. The quantitative estimate of drug-likeness (QED) is 0.503. The van der Waals surface area contributed by atoms with Crippen molar-refractivity contribution in [1.82, 2.24) is 0 Å². The van der Waals surface area contributed by atoms with E-state index in [-0.39, 0.29) is 5.82 Å². The SMILES string of the molecule is CNc1ccc2oc3ccc(NCc4cccc(F)c4C)cc3c2c1. The summed E-state index contributed by atoms with van der Waals surface area (Å²) >= 11 is 0. The van der Waals surface area contributed by atoms with E-state index in [9.17, 15) is 4.39 Å². The largest absolute Gasteiger partial charge is 0.456 e. The monoisotopic (exact) mass is 334 g/mol. The molecule has 0 saturated heterocycles. The minimum absolute atomic E-state index is 0.171. The normalized spacial score (nSPS) is 11.2. The molecule has 2 N–H and O–H groups in total. The van der Waals surface area contributed by atoms with Crippen molar-refractivity contribution in [2.24, 2.45) is 0 Å². The van der Waals surface area contributed by atoms with Gasteiger partial charge in [0.1, 0.15) is 17.0 Å². The Morgan fingerprint density at radius 3 is 2.32 bits per heavy atom. The fourth-order valence-electron chi connectivity index (χ4n) is 3.08. The first kappa shape index (κ1) is 15.5. The molecule has 0 fully saturated rings. The molecule has 0 atom stereocenters. The van der Waals surface area contributed by atoms with E-state index in [2.05, 4.69) is 22.8 Å². The Hall–Kier alpha value is -3.01. The van der Waals surface area contributed by atoms with Crippen molar-refractivity contribution in [3.8, 4) is 0 Å². The average molecular weight is 334 g/mol. The lowest BCUT2D eigenvalue weighted by Gasteiger charge is -2.09. The van der Waals surface area contributed by atoms with Crippen molar-refractivity contribution in [3.63, 3.8) is 0 Å². The molecule has 0 saturated carbocycles. The molecule has 1 aromatic heterocycles. The van der Waals surface area contributed by atoms with Crippen molar-refractivity contribution in [3.05, 3.63) is 71.5 Å². The third kappa shape index (κ3) is 2.80. The van der Waals surface area contributed by atoms with Crippen LogP contribution in [0, 0.1) is 12.7 Å². The third-order valence-electron chi connectivity index (χ3n) is 4.62.